The van der Waals surface area contributed by atoms with Gasteiger partial charge in [0.2, 0.25) is 17.7 Å². The van der Waals surface area contributed by atoms with Crippen molar-refractivity contribution in [3.63, 3.8) is 0 Å². The third kappa shape index (κ3) is 4.24. The molecule has 2 fully saturated rings. The number of rotatable bonds is 7. The lowest BCUT2D eigenvalue weighted by atomic mass is 9.74. The standard InChI is InChI=1S/C27H41N3O4S/c1-6-14-28-15-10-12-26(5)19(22(28)32)20-23(33)29(16-8-7-9-18-31)21-24(34)30(25(2,3)4)17-11-13-27(20,21)35-26/h10-13,19-21,31H,6-9,14-18H2,1-5H3/t19-,20-,21?,26+,27-/m0/s1. The summed E-state index contributed by atoms with van der Waals surface area (Å²) in [5.74, 6) is -1.16. The van der Waals surface area contributed by atoms with Crippen LogP contribution in [-0.4, -0.2) is 91.4 Å². The molecule has 1 N–H and O–H groups in total. The minimum atomic E-state index is -0.778. The summed E-state index contributed by atoms with van der Waals surface area (Å²) in [6, 6.07) is -0.637. The van der Waals surface area contributed by atoms with Crippen LogP contribution in [0, 0.1) is 11.8 Å². The van der Waals surface area contributed by atoms with Crippen LogP contribution in [0.1, 0.15) is 60.3 Å². The van der Waals surface area contributed by atoms with Crippen molar-refractivity contribution in [1.29, 1.82) is 0 Å². The second-order valence-corrected chi connectivity index (χ2v) is 13.3. The van der Waals surface area contributed by atoms with Crippen molar-refractivity contribution in [2.45, 2.75) is 81.4 Å². The summed E-state index contributed by atoms with van der Waals surface area (Å²) in [4.78, 5) is 47.9. The van der Waals surface area contributed by atoms with Gasteiger partial charge in [0.25, 0.3) is 0 Å². The molecule has 8 heteroatoms. The molecule has 35 heavy (non-hydrogen) atoms. The average molecular weight is 504 g/mol. The number of hydrogen-bond acceptors (Lipinski definition) is 5. The Balaban J connectivity index is 1.81. The molecule has 194 valence electrons. The highest BCUT2D eigenvalue weighted by Gasteiger charge is 2.74. The second-order valence-electron chi connectivity index (χ2n) is 11.5. The van der Waals surface area contributed by atoms with Crippen molar-refractivity contribution in [3.05, 3.63) is 24.3 Å². The number of aliphatic hydroxyl groups is 1. The van der Waals surface area contributed by atoms with Crippen LogP contribution in [0.4, 0.5) is 0 Å². The Morgan fingerprint density at radius 2 is 1.69 bits per heavy atom. The van der Waals surface area contributed by atoms with Gasteiger partial charge in [-0.3, -0.25) is 14.4 Å². The van der Waals surface area contributed by atoms with Gasteiger partial charge in [0.15, 0.2) is 0 Å². The summed E-state index contributed by atoms with van der Waals surface area (Å²) in [6.07, 6.45) is 11.4. The van der Waals surface area contributed by atoms with E-state index in [1.807, 2.05) is 36.6 Å². The Hall–Kier alpha value is -1.80. The molecule has 4 aliphatic heterocycles. The zero-order valence-electron chi connectivity index (χ0n) is 21.8. The molecule has 1 unspecified atom stereocenters. The van der Waals surface area contributed by atoms with Crippen LogP contribution in [0.5, 0.6) is 0 Å². The lowest BCUT2D eigenvalue weighted by Crippen LogP contribution is -2.57. The zero-order valence-corrected chi connectivity index (χ0v) is 22.6. The van der Waals surface area contributed by atoms with Gasteiger partial charge < -0.3 is 19.8 Å². The molecule has 0 aromatic rings. The third-order valence-electron chi connectivity index (χ3n) is 8.00. The van der Waals surface area contributed by atoms with Crippen molar-refractivity contribution >= 4 is 29.5 Å². The van der Waals surface area contributed by atoms with E-state index in [0.29, 0.717) is 32.6 Å². The molecule has 1 spiro atoms. The van der Waals surface area contributed by atoms with E-state index in [-0.39, 0.29) is 29.9 Å². The predicted molar refractivity (Wildman–Crippen MR) is 139 cm³/mol. The lowest BCUT2D eigenvalue weighted by Gasteiger charge is -2.41. The lowest BCUT2D eigenvalue weighted by molar-refractivity contribution is -0.146. The molecular weight excluding hydrogens is 462 g/mol. The monoisotopic (exact) mass is 503 g/mol. The fraction of sp³-hybridized carbons (Fsp3) is 0.741. The molecule has 3 amide bonds. The zero-order chi connectivity index (χ0) is 25.6. The van der Waals surface area contributed by atoms with Crippen LogP contribution < -0.4 is 0 Å². The van der Waals surface area contributed by atoms with E-state index in [2.05, 4.69) is 32.1 Å². The van der Waals surface area contributed by atoms with Gasteiger partial charge in [0.1, 0.15) is 6.04 Å². The number of likely N-dealkylation sites (tertiary alicyclic amines) is 1. The molecule has 0 aliphatic carbocycles. The van der Waals surface area contributed by atoms with Gasteiger partial charge in [0, 0.05) is 43.1 Å². The van der Waals surface area contributed by atoms with E-state index >= 15 is 0 Å². The quantitative estimate of drug-likeness (QED) is 0.427. The van der Waals surface area contributed by atoms with Gasteiger partial charge in [-0.2, -0.15) is 0 Å². The van der Waals surface area contributed by atoms with Gasteiger partial charge >= 0.3 is 0 Å². The fourth-order valence-corrected chi connectivity index (χ4v) is 8.61. The number of thioether (sulfide) groups is 1. The van der Waals surface area contributed by atoms with Crippen molar-refractivity contribution < 1.29 is 19.5 Å². The van der Waals surface area contributed by atoms with Crippen LogP contribution >= 0.6 is 11.8 Å². The summed E-state index contributed by atoms with van der Waals surface area (Å²) in [7, 11) is 0. The van der Waals surface area contributed by atoms with Gasteiger partial charge in [-0.1, -0.05) is 31.2 Å². The van der Waals surface area contributed by atoms with Crippen LogP contribution in [0.3, 0.4) is 0 Å². The maximum absolute atomic E-state index is 14.2. The maximum atomic E-state index is 14.2. The first-order valence-corrected chi connectivity index (χ1v) is 13.9. The largest absolute Gasteiger partial charge is 0.396 e. The highest BCUT2D eigenvalue weighted by atomic mass is 32.2. The van der Waals surface area contributed by atoms with Crippen molar-refractivity contribution in [2.24, 2.45) is 11.8 Å². The van der Waals surface area contributed by atoms with Crippen LogP contribution in [0.2, 0.25) is 0 Å². The highest BCUT2D eigenvalue weighted by Crippen LogP contribution is 2.65. The molecule has 5 atom stereocenters. The molecule has 7 nitrogen and oxygen atoms in total. The summed E-state index contributed by atoms with van der Waals surface area (Å²) >= 11 is 1.65. The predicted octanol–water partition coefficient (Wildman–Crippen LogP) is 2.84. The van der Waals surface area contributed by atoms with E-state index in [9.17, 15) is 19.5 Å². The number of fused-ring (bicyclic) bond motifs is 2. The number of carbonyl (C=O) groups excluding carboxylic acids is 3. The Kier molecular flexibility index (Phi) is 7.19. The van der Waals surface area contributed by atoms with Crippen LogP contribution in [0.25, 0.3) is 0 Å². The summed E-state index contributed by atoms with van der Waals surface area (Å²) in [6.45, 7) is 12.5. The third-order valence-corrected chi connectivity index (χ3v) is 9.80. The highest BCUT2D eigenvalue weighted by molar-refractivity contribution is 8.02. The topological polar surface area (TPSA) is 81.2 Å². The number of carbonyl (C=O) groups is 3. The summed E-state index contributed by atoms with van der Waals surface area (Å²) < 4.78 is -1.33. The van der Waals surface area contributed by atoms with Crippen LogP contribution in [-0.2, 0) is 14.4 Å². The molecule has 2 saturated heterocycles. The van der Waals surface area contributed by atoms with E-state index in [0.717, 1.165) is 19.3 Å². The first kappa shape index (κ1) is 26.3. The Labute approximate surface area is 214 Å². The van der Waals surface area contributed by atoms with Crippen molar-refractivity contribution in [1.82, 2.24) is 14.7 Å². The van der Waals surface area contributed by atoms with Crippen LogP contribution in [0.15, 0.2) is 24.3 Å². The molecule has 4 aliphatic rings. The molecule has 0 radical (unpaired) electrons. The first-order chi connectivity index (χ1) is 16.5. The van der Waals surface area contributed by atoms with E-state index in [1.54, 1.807) is 16.7 Å². The van der Waals surface area contributed by atoms with E-state index in [4.69, 9.17) is 0 Å². The Bertz CT molecular complexity index is 928. The second kappa shape index (κ2) is 9.58. The molecule has 0 saturated carbocycles. The minimum Gasteiger partial charge on any atom is -0.396 e. The molecule has 0 bridgehead atoms. The van der Waals surface area contributed by atoms with E-state index in [1.165, 1.54) is 0 Å². The van der Waals surface area contributed by atoms with Gasteiger partial charge in [-0.05, 0) is 53.4 Å². The molecular formula is C27H41N3O4S. The Morgan fingerprint density at radius 3 is 2.34 bits per heavy atom. The SMILES string of the molecule is CCCN1CC=C[C@@]2(C)S[C@]34C=CCN(C(C)(C)C)C(=O)C3N(CCCCCO)C(=O)[C@@H]4[C@H]2C1=O. The molecule has 0 aromatic heterocycles. The smallest absolute Gasteiger partial charge is 0.247 e. The minimum absolute atomic E-state index is 0.0285. The van der Waals surface area contributed by atoms with Gasteiger partial charge in [0.05, 0.1) is 16.6 Å². The van der Waals surface area contributed by atoms with E-state index < -0.39 is 27.4 Å². The summed E-state index contributed by atoms with van der Waals surface area (Å²) in [5, 5.41) is 9.21. The normalized spacial score (nSPS) is 34.7. The fourth-order valence-electron chi connectivity index (χ4n) is 6.46. The van der Waals surface area contributed by atoms with Gasteiger partial charge in [-0.15, -0.1) is 11.8 Å². The number of unbranched alkanes of at least 4 members (excludes halogenated alkanes) is 2. The molecule has 4 rings (SSSR count). The van der Waals surface area contributed by atoms with Gasteiger partial charge in [-0.25, -0.2) is 0 Å². The number of hydrogen-bond donors (Lipinski definition) is 1. The maximum Gasteiger partial charge on any atom is 0.247 e. The average Bonchev–Trinajstić information content (AvgIpc) is 3.04. The van der Waals surface area contributed by atoms with Crippen molar-refractivity contribution in [2.75, 3.05) is 32.8 Å². The van der Waals surface area contributed by atoms with Crippen molar-refractivity contribution in [3.8, 4) is 0 Å². The number of nitrogens with zero attached hydrogens (tertiary/aromatic N) is 3. The first-order valence-electron chi connectivity index (χ1n) is 13.1. The molecule has 0 aromatic carbocycles. The molecule has 4 heterocycles. The summed E-state index contributed by atoms with van der Waals surface area (Å²) in [5.41, 5.74) is -0.387. The number of aliphatic hydroxyl groups excluding tert-OH is 1. The Morgan fingerprint density at radius 1 is 0.971 bits per heavy atom. The number of amides is 3.